The topological polar surface area (TPSA) is 63.9 Å². The molecule has 1 N–H and O–H groups in total. The Morgan fingerprint density at radius 3 is 2.97 bits per heavy atom. The summed E-state index contributed by atoms with van der Waals surface area (Å²) in [5.74, 6) is 2.49. The van der Waals surface area contributed by atoms with E-state index in [1.165, 1.54) is 12.0 Å². The molecular formula is C22H33N5O2. The van der Waals surface area contributed by atoms with E-state index in [1.54, 1.807) is 7.11 Å². The number of aryl methyl sites for hydroxylation is 1. The molecule has 29 heavy (non-hydrogen) atoms. The van der Waals surface area contributed by atoms with E-state index >= 15 is 0 Å². The number of nitrogens with zero attached hydrogens (tertiary/aromatic N) is 4. The van der Waals surface area contributed by atoms with E-state index in [9.17, 15) is 0 Å². The highest BCUT2D eigenvalue weighted by molar-refractivity contribution is 5.80. The summed E-state index contributed by atoms with van der Waals surface area (Å²) in [6, 6.07) is 7.94. The molecular weight excluding hydrogens is 366 g/mol. The Balaban J connectivity index is 1.45. The van der Waals surface area contributed by atoms with E-state index in [2.05, 4.69) is 28.4 Å². The number of methoxy groups -OCH3 is 1. The van der Waals surface area contributed by atoms with Crippen LogP contribution in [0.5, 0.6) is 5.75 Å². The van der Waals surface area contributed by atoms with Crippen molar-refractivity contribution in [1.82, 2.24) is 20.0 Å². The lowest BCUT2D eigenvalue weighted by molar-refractivity contribution is 0.126. The van der Waals surface area contributed by atoms with Gasteiger partial charge in [-0.05, 0) is 37.3 Å². The third-order valence-corrected chi connectivity index (χ3v) is 5.15. The van der Waals surface area contributed by atoms with Crippen LogP contribution in [0.2, 0.25) is 0 Å². The first-order chi connectivity index (χ1) is 14.2. The lowest BCUT2D eigenvalue weighted by Gasteiger charge is -2.21. The molecule has 1 aliphatic heterocycles. The van der Waals surface area contributed by atoms with Crippen LogP contribution >= 0.6 is 0 Å². The number of rotatable bonds is 9. The average molecular weight is 400 g/mol. The fraction of sp³-hybridized carbons (Fsp3) is 0.545. The van der Waals surface area contributed by atoms with Gasteiger partial charge in [0.1, 0.15) is 5.75 Å². The molecule has 1 aromatic heterocycles. The second kappa shape index (κ2) is 10.9. The van der Waals surface area contributed by atoms with Crippen LogP contribution in [-0.4, -0.2) is 60.5 Å². The number of guanidine groups is 1. The van der Waals surface area contributed by atoms with Gasteiger partial charge in [-0.3, -0.25) is 9.67 Å². The molecule has 0 bridgehead atoms. The minimum atomic E-state index is 0.535. The fourth-order valence-corrected chi connectivity index (χ4v) is 3.75. The second-order valence-electron chi connectivity index (χ2n) is 7.43. The molecule has 2 aromatic rings. The summed E-state index contributed by atoms with van der Waals surface area (Å²) in [7, 11) is 3.65. The minimum absolute atomic E-state index is 0.535. The summed E-state index contributed by atoms with van der Waals surface area (Å²) in [6.45, 7) is 6.80. The molecule has 0 spiro atoms. The molecule has 1 saturated heterocycles. The maximum absolute atomic E-state index is 5.81. The van der Waals surface area contributed by atoms with E-state index in [4.69, 9.17) is 14.5 Å². The molecule has 7 heteroatoms. The summed E-state index contributed by atoms with van der Waals surface area (Å²) in [6.07, 6.45) is 6.34. The Morgan fingerprint density at radius 1 is 1.34 bits per heavy atom. The lowest BCUT2D eigenvalue weighted by atomic mass is 10.0. The minimum Gasteiger partial charge on any atom is -0.496 e. The third-order valence-electron chi connectivity index (χ3n) is 5.15. The molecule has 0 aliphatic carbocycles. The van der Waals surface area contributed by atoms with Crippen molar-refractivity contribution < 1.29 is 9.47 Å². The predicted molar refractivity (Wildman–Crippen MR) is 115 cm³/mol. The zero-order chi connectivity index (χ0) is 20.5. The highest BCUT2D eigenvalue weighted by Crippen LogP contribution is 2.21. The molecule has 158 valence electrons. The smallest absolute Gasteiger partial charge is 0.194 e. The van der Waals surface area contributed by atoms with Gasteiger partial charge in [0.25, 0.3) is 0 Å². The molecule has 3 rings (SSSR count). The van der Waals surface area contributed by atoms with E-state index in [0.717, 1.165) is 43.3 Å². The second-order valence-corrected chi connectivity index (χ2v) is 7.43. The lowest BCUT2D eigenvalue weighted by Crippen LogP contribution is -2.40. The molecule has 1 unspecified atom stereocenters. The molecule has 2 heterocycles. The largest absolute Gasteiger partial charge is 0.496 e. The fourth-order valence-electron chi connectivity index (χ4n) is 3.75. The van der Waals surface area contributed by atoms with Gasteiger partial charge in [-0.2, -0.15) is 5.10 Å². The number of likely N-dealkylation sites (tertiary alicyclic amines) is 1. The SMILES string of the molecule is CCNC(=NCCOCc1ccccc1OC)N1CCC(Cc2cnn(C)c2)C1. The number of nitrogens with one attached hydrogen (secondary N) is 1. The Labute approximate surface area is 173 Å². The number of ether oxygens (including phenoxy) is 2. The van der Waals surface area contributed by atoms with Gasteiger partial charge in [-0.25, -0.2) is 0 Å². The number of aliphatic imine (C=N–C) groups is 1. The normalized spacial score (nSPS) is 17.0. The quantitative estimate of drug-likeness (QED) is 0.399. The van der Waals surface area contributed by atoms with E-state index in [-0.39, 0.29) is 0 Å². The monoisotopic (exact) mass is 399 g/mol. The van der Waals surface area contributed by atoms with Crippen LogP contribution in [0.25, 0.3) is 0 Å². The summed E-state index contributed by atoms with van der Waals surface area (Å²) in [5, 5.41) is 7.70. The van der Waals surface area contributed by atoms with Crippen molar-refractivity contribution in [3.8, 4) is 5.75 Å². The van der Waals surface area contributed by atoms with Gasteiger partial charge >= 0.3 is 0 Å². The first-order valence-electron chi connectivity index (χ1n) is 10.4. The molecule has 0 saturated carbocycles. The zero-order valence-electron chi connectivity index (χ0n) is 17.8. The summed E-state index contributed by atoms with van der Waals surface area (Å²) in [4.78, 5) is 7.14. The Hall–Kier alpha value is -2.54. The van der Waals surface area contributed by atoms with Crippen molar-refractivity contribution >= 4 is 5.96 Å². The van der Waals surface area contributed by atoms with Crippen molar-refractivity contribution in [3.05, 3.63) is 47.8 Å². The van der Waals surface area contributed by atoms with Gasteiger partial charge < -0.3 is 19.7 Å². The van der Waals surface area contributed by atoms with Gasteiger partial charge in [0, 0.05) is 38.4 Å². The third kappa shape index (κ3) is 6.22. The van der Waals surface area contributed by atoms with E-state index in [0.29, 0.717) is 25.7 Å². The Kier molecular flexibility index (Phi) is 7.93. The van der Waals surface area contributed by atoms with E-state index in [1.807, 2.05) is 42.2 Å². The van der Waals surface area contributed by atoms with Gasteiger partial charge in [0.15, 0.2) is 5.96 Å². The summed E-state index contributed by atoms with van der Waals surface area (Å²) >= 11 is 0. The molecule has 1 fully saturated rings. The Morgan fingerprint density at radius 2 is 2.21 bits per heavy atom. The molecule has 0 radical (unpaired) electrons. The summed E-state index contributed by atoms with van der Waals surface area (Å²) in [5.41, 5.74) is 2.37. The zero-order valence-corrected chi connectivity index (χ0v) is 17.8. The van der Waals surface area contributed by atoms with Gasteiger partial charge in [0.2, 0.25) is 0 Å². The first kappa shape index (κ1) is 21.2. The number of hydrogen-bond acceptors (Lipinski definition) is 4. The van der Waals surface area contributed by atoms with Crippen LogP contribution < -0.4 is 10.1 Å². The maximum atomic E-state index is 5.81. The van der Waals surface area contributed by atoms with Crippen LogP contribution in [-0.2, 0) is 24.8 Å². The van der Waals surface area contributed by atoms with E-state index < -0.39 is 0 Å². The molecule has 0 amide bonds. The predicted octanol–water partition coefficient (Wildman–Crippen LogP) is 2.48. The van der Waals surface area contributed by atoms with Crippen LogP contribution in [0.15, 0.2) is 41.7 Å². The van der Waals surface area contributed by atoms with Crippen molar-refractivity contribution in [2.75, 3.05) is 39.9 Å². The highest BCUT2D eigenvalue weighted by atomic mass is 16.5. The Bertz CT molecular complexity index is 789. The standard InChI is InChI=1S/C22H33N5O2/c1-4-23-22(24-10-12-29-17-20-7-5-6-8-21(20)28-3)27-11-9-18(16-27)13-19-14-25-26(2)15-19/h5-8,14-15,18H,4,9-13,16-17H2,1-3H3,(H,23,24). The van der Waals surface area contributed by atoms with Crippen LogP contribution in [0.4, 0.5) is 0 Å². The van der Waals surface area contributed by atoms with Crippen molar-refractivity contribution in [3.63, 3.8) is 0 Å². The average Bonchev–Trinajstić information content (AvgIpc) is 3.36. The van der Waals surface area contributed by atoms with Gasteiger partial charge in [-0.1, -0.05) is 18.2 Å². The number of para-hydroxylation sites is 1. The maximum Gasteiger partial charge on any atom is 0.194 e. The molecule has 1 aromatic carbocycles. The summed E-state index contributed by atoms with van der Waals surface area (Å²) < 4.78 is 13.1. The number of hydrogen-bond donors (Lipinski definition) is 1. The van der Waals surface area contributed by atoms with Crippen LogP contribution in [0.1, 0.15) is 24.5 Å². The molecule has 1 aliphatic rings. The van der Waals surface area contributed by atoms with Gasteiger partial charge in [0.05, 0.1) is 33.1 Å². The van der Waals surface area contributed by atoms with Crippen molar-refractivity contribution in [1.29, 1.82) is 0 Å². The number of aromatic nitrogens is 2. The van der Waals surface area contributed by atoms with Crippen molar-refractivity contribution in [2.24, 2.45) is 18.0 Å². The van der Waals surface area contributed by atoms with Gasteiger partial charge in [-0.15, -0.1) is 0 Å². The van der Waals surface area contributed by atoms with Crippen LogP contribution in [0, 0.1) is 5.92 Å². The highest BCUT2D eigenvalue weighted by Gasteiger charge is 2.25. The van der Waals surface area contributed by atoms with Crippen LogP contribution in [0.3, 0.4) is 0 Å². The number of benzene rings is 1. The molecule has 7 nitrogen and oxygen atoms in total. The first-order valence-corrected chi connectivity index (χ1v) is 10.4. The van der Waals surface area contributed by atoms with Crippen molar-refractivity contribution in [2.45, 2.75) is 26.4 Å². The molecule has 1 atom stereocenters.